The Balaban J connectivity index is 1.29. The fourth-order valence-electron chi connectivity index (χ4n) is 3.34. The molecule has 7 heteroatoms. The molecular formula is C23H22N4O3. The normalized spacial score (nSPS) is 11.0. The van der Waals surface area contributed by atoms with Crippen molar-refractivity contribution in [3.05, 3.63) is 77.0 Å². The molecule has 30 heavy (non-hydrogen) atoms. The molecule has 4 rings (SSSR count). The molecule has 0 saturated heterocycles. The second-order valence-electron chi connectivity index (χ2n) is 7.03. The molecule has 0 fully saturated rings. The fourth-order valence-corrected chi connectivity index (χ4v) is 3.34. The largest absolute Gasteiger partial charge is 0.491 e. The van der Waals surface area contributed by atoms with Gasteiger partial charge in [-0.1, -0.05) is 30.3 Å². The molecule has 0 aliphatic carbocycles. The Hall–Kier alpha value is -3.74. The molecule has 0 saturated carbocycles. The maximum Gasteiger partial charge on any atom is 0.261 e. The highest BCUT2D eigenvalue weighted by Crippen LogP contribution is 2.22. The van der Waals surface area contributed by atoms with E-state index in [0.29, 0.717) is 30.5 Å². The molecule has 0 atom stereocenters. The molecule has 0 aliphatic heterocycles. The van der Waals surface area contributed by atoms with Crippen molar-refractivity contribution in [1.29, 1.82) is 0 Å². The molecule has 7 nitrogen and oxygen atoms in total. The van der Waals surface area contributed by atoms with Gasteiger partial charge in [-0.2, -0.15) is 0 Å². The van der Waals surface area contributed by atoms with Crippen LogP contribution in [-0.2, 0) is 11.3 Å². The van der Waals surface area contributed by atoms with Gasteiger partial charge in [0, 0.05) is 18.1 Å². The predicted octanol–water partition coefficient (Wildman–Crippen LogP) is 2.84. The van der Waals surface area contributed by atoms with E-state index in [9.17, 15) is 9.59 Å². The van der Waals surface area contributed by atoms with E-state index in [2.05, 4.69) is 15.3 Å². The number of aromatic nitrogens is 3. The molecule has 4 aromatic rings. The maximum absolute atomic E-state index is 12.6. The third-order valence-corrected chi connectivity index (χ3v) is 4.87. The lowest BCUT2D eigenvalue weighted by Crippen LogP contribution is -2.33. The number of nitrogens with zero attached hydrogens (tertiary/aromatic N) is 3. The van der Waals surface area contributed by atoms with E-state index in [4.69, 9.17) is 4.74 Å². The van der Waals surface area contributed by atoms with E-state index in [1.54, 1.807) is 12.3 Å². The number of aryl methyl sites for hydroxylation is 1. The van der Waals surface area contributed by atoms with Gasteiger partial charge in [0.05, 0.1) is 23.8 Å². The fraction of sp³-hybridized carbons (Fsp3) is 0.217. The van der Waals surface area contributed by atoms with Crippen LogP contribution < -0.4 is 15.6 Å². The van der Waals surface area contributed by atoms with E-state index in [1.165, 1.54) is 10.9 Å². The average Bonchev–Trinajstić information content (AvgIpc) is 2.76. The first-order valence-corrected chi connectivity index (χ1v) is 9.81. The van der Waals surface area contributed by atoms with Gasteiger partial charge >= 0.3 is 0 Å². The van der Waals surface area contributed by atoms with Crippen LogP contribution in [0, 0.1) is 6.92 Å². The van der Waals surface area contributed by atoms with E-state index in [-0.39, 0.29) is 18.0 Å². The Labute approximate surface area is 173 Å². The molecule has 2 aromatic carbocycles. The number of hydrogen-bond acceptors (Lipinski definition) is 5. The summed E-state index contributed by atoms with van der Waals surface area (Å²) in [4.78, 5) is 33.5. The highest BCUT2D eigenvalue weighted by atomic mass is 16.5. The summed E-state index contributed by atoms with van der Waals surface area (Å²) in [6, 6.07) is 15.1. The van der Waals surface area contributed by atoms with Gasteiger partial charge in [-0.3, -0.25) is 19.1 Å². The Morgan fingerprint density at radius 1 is 1.07 bits per heavy atom. The summed E-state index contributed by atoms with van der Waals surface area (Å²) in [6.07, 6.45) is 3.80. The lowest BCUT2D eigenvalue weighted by Gasteiger charge is -2.10. The number of para-hydroxylation sites is 2. The number of benzene rings is 2. The van der Waals surface area contributed by atoms with Gasteiger partial charge in [0.2, 0.25) is 5.91 Å². The molecule has 2 heterocycles. The van der Waals surface area contributed by atoms with Gasteiger partial charge in [-0.05, 0) is 37.1 Å². The number of nitrogens with one attached hydrogen (secondary N) is 1. The maximum atomic E-state index is 12.6. The number of fused-ring (bicyclic) bond motifs is 2. The first-order valence-electron chi connectivity index (χ1n) is 9.81. The van der Waals surface area contributed by atoms with Crippen LogP contribution in [-0.4, -0.2) is 33.6 Å². The van der Waals surface area contributed by atoms with Crippen molar-refractivity contribution < 1.29 is 9.53 Å². The zero-order valence-corrected chi connectivity index (χ0v) is 16.7. The zero-order chi connectivity index (χ0) is 20.9. The number of carbonyl (C=O) groups is 1. The summed E-state index contributed by atoms with van der Waals surface area (Å²) >= 11 is 0. The lowest BCUT2D eigenvalue weighted by molar-refractivity contribution is -0.121. The lowest BCUT2D eigenvalue weighted by atomic mass is 10.1. The first kappa shape index (κ1) is 19.6. The van der Waals surface area contributed by atoms with Crippen LogP contribution >= 0.6 is 0 Å². The van der Waals surface area contributed by atoms with Crippen molar-refractivity contribution in [3.63, 3.8) is 0 Å². The summed E-state index contributed by atoms with van der Waals surface area (Å²) in [5.41, 5.74) is 2.20. The summed E-state index contributed by atoms with van der Waals surface area (Å²) in [5.74, 6) is 0.487. The minimum Gasteiger partial charge on any atom is -0.491 e. The van der Waals surface area contributed by atoms with Gasteiger partial charge in [-0.25, -0.2) is 4.98 Å². The zero-order valence-electron chi connectivity index (χ0n) is 16.7. The Bertz CT molecular complexity index is 1260. The first-order chi connectivity index (χ1) is 14.6. The number of amides is 1. The molecule has 0 radical (unpaired) electrons. The van der Waals surface area contributed by atoms with Gasteiger partial charge in [0.25, 0.3) is 5.56 Å². The minimum absolute atomic E-state index is 0.0657. The third-order valence-electron chi connectivity index (χ3n) is 4.87. The van der Waals surface area contributed by atoms with Crippen LogP contribution in [0.3, 0.4) is 0 Å². The molecule has 0 unspecified atom stereocenters. The topological polar surface area (TPSA) is 86.1 Å². The molecular weight excluding hydrogens is 380 g/mol. The second kappa shape index (κ2) is 8.73. The summed E-state index contributed by atoms with van der Waals surface area (Å²) in [5, 5.41) is 4.36. The standard InChI is InChI=1S/C23H22N4O3/c1-16-6-2-9-18-21(16)26-15-27(23(18)29)14-20(28)24-12-5-13-30-19-10-3-7-17-8-4-11-25-22(17)19/h2-4,6-11,15H,5,12-14H2,1H3,(H,24,28). The van der Waals surface area contributed by atoms with Crippen LogP contribution in [0.5, 0.6) is 5.75 Å². The van der Waals surface area contributed by atoms with Gasteiger partial charge in [0.1, 0.15) is 17.8 Å². The quantitative estimate of drug-likeness (QED) is 0.481. The summed E-state index contributed by atoms with van der Waals surface area (Å²) < 4.78 is 7.15. The molecule has 1 N–H and O–H groups in total. The molecule has 2 aromatic heterocycles. The monoisotopic (exact) mass is 402 g/mol. The second-order valence-corrected chi connectivity index (χ2v) is 7.03. The summed E-state index contributed by atoms with van der Waals surface area (Å²) in [6.45, 7) is 2.74. The van der Waals surface area contributed by atoms with Crippen molar-refractivity contribution in [2.75, 3.05) is 13.2 Å². The molecule has 1 amide bonds. The summed E-state index contributed by atoms with van der Waals surface area (Å²) in [7, 11) is 0. The molecule has 0 bridgehead atoms. The predicted molar refractivity (Wildman–Crippen MR) is 116 cm³/mol. The molecule has 0 aliphatic rings. The number of pyridine rings is 1. The van der Waals surface area contributed by atoms with Crippen molar-refractivity contribution >= 4 is 27.7 Å². The SMILES string of the molecule is Cc1cccc2c(=O)n(CC(=O)NCCCOc3cccc4cccnc34)cnc12. The Morgan fingerprint density at radius 2 is 1.90 bits per heavy atom. The van der Waals surface area contributed by atoms with Gasteiger partial charge < -0.3 is 10.1 Å². The highest BCUT2D eigenvalue weighted by molar-refractivity contribution is 5.84. The number of carbonyl (C=O) groups excluding carboxylic acids is 1. The van der Waals surface area contributed by atoms with Crippen molar-refractivity contribution in [3.8, 4) is 5.75 Å². The van der Waals surface area contributed by atoms with Gasteiger partial charge in [-0.15, -0.1) is 0 Å². The Kier molecular flexibility index (Phi) is 5.70. The van der Waals surface area contributed by atoms with Crippen molar-refractivity contribution in [2.45, 2.75) is 19.9 Å². The van der Waals surface area contributed by atoms with E-state index in [1.807, 2.05) is 49.4 Å². The van der Waals surface area contributed by atoms with Crippen LogP contribution in [0.1, 0.15) is 12.0 Å². The van der Waals surface area contributed by atoms with Crippen molar-refractivity contribution in [1.82, 2.24) is 19.9 Å². The molecule has 0 spiro atoms. The van der Waals surface area contributed by atoms with Crippen LogP contribution in [0.15, 0.2) is 65.8 Å². The number of rotatable bonds is 7. The van der Waals surface area contributed by atoms with E-state index >= 15 is 0 Å². The third kappa shape index (κ3) is 4.15. The van der Waals surface area contributed by atoms with Crippen LogP contribution in [0.2, 0.25) is 0 Å². The van der Waals surface area contributed by atoms with Crippen LogP contribution in [0.25, 0.3) is 21.8 Å². The van der Waals surface area contributed by atoms with Gasteiger partial charge in [0.15, 0.2) is 0 Å². The van der Waals surface area contributed by atoms with Crippen molar-refractivity contribution in [2.24, 2.45) is 0 Å². The smallest absolute Gasteiger partial charge is 0.261 e. The van der Waals surface area contributed by atoms with E-state index in [0.717, 1.165) is 22.2 Å². The highest BCUT2D eigenvalue weighted by Gasteiger charge is 2.09. The number of hydrogen-bond donors (Lipinski definition) is 1. The van der Waals surface area contributed by atoms with E-state index < -0.39 is 0 Å². The Morgan fingerprint density at radius 3 is 2.80 bits per heavy atom. The molecule has 152 valence electrons. The minimum atomic E-state index is -0.238. The number of ether oxygens (including phenoxy) is 1. The average molecular weight is 402 g/mol. The van der Waals surface area contributed by atoms with Crippen LogP contribution in [0.4, 0.5) is 0 Å².